The summed E-state index contributed by atoms with van der Waals surface area (Å²) in [5, 5.41) is 0. The number of halogens is 2. The molecule has 2 rings (SSSR count). The molecule has 1 atom stereocenters. The lowest BCUT2D eigenvalue weighted by Crippen LogP contribution is -2.20. The third-order valence-electron chi connectivity index (χ3n) is 3.93. The molecule has 1 radical (unpaired) electrons. The van der Waals surface area contributed by atoms with Crippen molar-refractivity contribution in [2.24, 2.45) is 0 Å². The zero-order valence-electron chi connectivity index (χ0n) is 13.4. The van der Waals surface area contributed by atoms with Crippen LogP contribution >= 0.6 is 18.1 Å². The SMILES string of the molecule is [CH2]CC(CC(C)(C)c1ccccc1)c1ccccc1.[Cl][Mg][Cl]. The first-order chi connectivity index (χ1) is 10.5. The van der Waals surface area contributed by atoms with Crippen LogP contribution in [0.1, 0.15) is 43.7 Å². The lowest BCUT2D eigenvalue weighted by Gasteiger charge is -2.30. The average molecular weight is 347 g/mol. The Bertz CT molecular complexity index is 511. The Kier molecular flexibility index (Phi) is 9.50. The fraction of sp³-hybridized carbons (Fsp3) is 0.316. The summed E-state index contributed by atoms with van der Waals surface area (Å²) >= 11 is -0.639. The summed E-state index contributed by atoms with van der Waals surface area (Å²) in [6.07, 6.45) is 2.07. The molecule has 115 valence electrons. The Labute approximate surface area is 152 Å². The van der Waals surface area contributed by atoms with Gasteiger partial charge in [-0.25, -0.2) is 0 Å². The van der Waals surface area contributed by atoms with Gasteiger partial charge in [0.25, 0.3) is 0 Å². The first-order valence-electron chi connectivity index (χ1n) is 7.56. The van der Waals surface area contributed by atoms with Gasteiger partial charge in [0.15, 0.2) is 0 Å². The molecule has 0 heterocycles. The van der Waals surface area contributed by atoms with Crippen molar-refractivity contribution in [3.8, 4) is 0 Å². The molecule has 3 heteroatoms. The molecule has 22 heavy (non-hydrogen) atoms. The van der Waals surface area contributed by atoms with Gasteiger partial charge in [-0.2, -0.15) is 0 Å². The zero-order chi connectivity index (χ0) is 16.4. The lowest BCUT2D eigenvalue weighted by molar-refractivity contribution is 0.424. The van der Waals surface area contributed by atoms with E-state index in [1.807, 2.05) is 0 Å². The molecule has 0 saturated carbocycles. The van der Waals surface area contributed by atoms with Crippen LogP contribution in [0, 0.1) is 6.92 Å². The van der Waals surface area contributed by atoms with Crippen molar-refractivity contribution in [2.45, 2.75) is 38.0 Å². The van der Waals surface area contributed by atoms with Crippen LogP contribution < -0.4 is 0 Å². The van der Waals surface area contributed by atoms with Gasteiger partial charge < -0.3 is 18.1 Å². The van der Waals surface area contributed by atoms with E-state index < -0.39 is 18.2 Å². The molecule has 0 aliphatic rings. The van der Waals surface area contributed by atoms with Crippen LogP contribution in [0.3, 0.4) is 0 Å². The summed E-state index contributed by atoms with van der Waals surface area (Å²) in [5.41, 5.74) is 2.99. The first-order valence-corrected chi connectivity index (χ1v) is 11.8. The van der Waals surface area contributed by atoms with Gasteiger partial charge in [-0.05, 0) is 35.3 Å². The van der Waals surface area contributed by atoms with E-state index >= 15 is 0 Å². The van der Waals surface area contributed by atoms with Crippen LogP contribution in [0.15, 0.2) is 60.7 Å². The molecule has 0 N–H and O–H groups in total. The Morgan fingerprint density at radius 1 is 0.955 bits per heavy atom. The lowest BCUT2D eigenvalue weighted by atomic mass is 9.74. The van der Waals surface area contributed by atoms with E-state index in [4.69, 9.17) is 18.1 Å². The summed E-state index contributed by atoms with van der Waals surface area (Å²) in [7, 11) is 9.81. The highest BCUT2D eigenvalue weighted by Gasteiger charge is 2.25. The molecule has 0 aliphatic heterocycles. The number of hydrogen-bond acceptors (Lipinski definition) is 0. The second-order valence-corrected chi connectivity index (χ2v) is 8.58. The first kappa shape index (κ1) is 19.8. The van der Waals surface area contributed by atoms with E-state index in [0.29, 0.717) is 5.92 Å². The third kappa shape index (κ3) is 6.50. The van der Waals surface area contributed by atoms with Gasteiger partial charge in [-0.15, -0.1) is 0 Å². The Morgan fingerprint density at radius 2 is 1.41 bits per heavy atom. The highest BCUT2D eigenvalue weighted by Crippen LogP contribution is 2.36. The Hall–Kier alpha value is -0.214. The molecule has 0 saturated heterocycles. The van der Waals surface area contributed by atoms with Crippen molar-refractivity contribution in [2.75, 3.05) is 0 Å². The molecular formula is C19H23Cl2Mg. The van der Waals surface area contributed by atoms with E-state index in [-0.39, 0.29) is 5.41 Å². The summed E-state index contributed by atoms with van der Waals surface area (Å²) in [6.45, 7) is 8.79. The van der Waals surface area contributed by atoms with E-state index in [1.165, 1.54) is 11.1 Å². The van der Waals surface area contributed by atoms with Crippen LogP contribution in [0.4, 0.5) is 0 Å². The van der Waals surface area contributed by atoms with Crippen molar-refractivity contribution >= 4 is 36.3 Å². The third-order valence-corrected chi connectivity index (χ3v) is 3.93. The summed E-state index contributed by atoms with van der Waals surface area (Å²) < 4.78 is 0. The van der Waals surface area contributed by atoms with Crippen LogP contribution in [-0.2, 0) is 5.41 Å². The Balaban J connectivity index is 0.000000745. The predicted molar refractivity (Wildman–Crippen MR) is 101 cm³/mol. The summed E-state index contributed by atoms with van der Waals surface area (Å²) in [4.78, 5) is 0. The minimum atomic E-state index is -0.639. The standard InChI is InChI=1S/C19H23.2ClH.Mg/c1-4-16(17-11-7-5-8-12-17)15-19(2,3)18-13-9-6-10-14-18;;;/h5-14,16H,1,4,15H2,2-3H3;2*1H;/q;;;+2/p-2. The molecular weight excluding hydrogens is 323 g/mol. The van der Waals surface area contributed by atoms with Crippen LogP contribution in [0.25, 0.3) is 0 Å². The summed E-state index contributed by atoms with van der Waals surface area (Å²) in [6, 6.07) is 21.5. The quantitative estimate of drug-likeness (QED) is 0.552. The van der Waals surface area contributed by atoms with Crippen molar-refractivity contribution in [1.29, 1.82) is 0 Å². The average Bonchev–Trinajstić information content (AvgIpc) is 2.55. The fourth-order valence-electron chi connectivity index (χ4n) is 2.73. The molecule has 0 fully saturated rings. The van der Waals surface area contributed by atoms with Gasteiger partial charge in [-0.1, -0.05) is 81.4 Å². The van der Waals surface area contributed by atoms with Gasteiger partial charge in [0.2, 0.25) is 0 Å². The van der Waals surface area contributed by atoms with Crippen molar-refractivity contribution in [1.82, 2.24) is 0 Å². The second kappa shape index (κ2) is 10.5. The van der Waals surface area contributed by atoms with E-state index in [9.17, 15) is 0 Å². The van der Waals surface area contributed by atoms with Gasteiger partial charge in [-0.3, -0.25) is 0 Å². The topological polar surface area (TPSA) is 0 Å². The Morgan fingerprint density at radius 3 is 1.86 bits per heavy atom. The van der Waals surface area contributed by atoms with Crippen molar-refractivity contribution in [3.05, 3.63) is 78.7 Å². The highest BCUT2D eigenvalue weighted by molar-refractivity contribution is 7.22. The molecule has 1 unspecified atom stereocenters. The van der Waals surface area contributed by atoms with Crippen molar-refractivity contribution < 1.29 is 0 Å². The zero-order valence-corrected chi connectivity index (χ0v) is 16.4. The second-order valence-electron chi connectivity index (χ2n) is 5.95. The van der Waals surface area contributed by atoms with E-state index in [0.717, 1.165) is 12.8 Å². The normalized spacial score (nSPS) is 11.9. The largest absolute Gasteiger partial charge is 0.618 e. The maximum Gasteiger partial charge on any atom is 0.618 e. The monoisotopic (exact) mass is 345 g/mol. The van der Waals surface area contributed by atoms with Gasteiger partial charge in [0, 0.05) is 0 Å². The maximum absolute atomic E-state index is 4.90. The molecule has 2 aromatic carbocycles. The molecule has 0 amide bonds. The van der Waals surface area contributed by atoms with Crippen LogP contribution in [0.2, 0.25) is 0 Å². The number of rotatable bonds is 5. The molecule has 0 aromatic heterocycles. The van der Waals surface area contributed by atoms with E-state index in [2.05, 4.69) is 81.4 Å². The van der Waals surface area contributed by atoms with Crippen LogP contribution in [0.5, 0.6) is 0 Å². The minimum absolute atomic E-state index is 0.180. The van der Waals surface area contributed by atoms with E-state index in [1.54, 1.807) is 0 Å². The van der Waals surface area contributed by atoms with Gasteiger partial charge >= 0.3 is 18.2 Å². The molecule has 0 bridgehead atoms. The number of benzene rings is 2. The summed E-state index contributed by atoms with van der Waals surface area (Å²) in [5.74, 6) is 0.524. The molecule has 0 spiro atoms. The highest BCUT2D eigenvalue weighted by atomic mass is 35.6. The maximum atomic E-state index is 4.90. The predicted octanol–water partition coefficient (Wildman–Crippen LogP) is 6.36. The fourth-order valence-corrected chi connectivity index (χ4v) is 2.73. The van der Waals surface area contributed by atoms with Crippen LogP contribution in [-0.4, -0.2) is 18.2 Å². The molecule has 0 aliphatic carbocycles. The molecule has 0 nitrogen and oxygen atoms in total. The van der Waals surface area contributed by atoms with Gasteiger partial charge in [0.1, 0.15) is 0 Å². The smallest absolute Gasteiger partial charge is 0.309 e. The van der Waals surface area contributed by atoms with Crippen molar-refractivity contribution in [3.63, 3.8) is 0 Å². The minimum Gasteiger partial charge on any atom is -0.309 e. The molecule has 2 aromatic rings. The number of hydrogen-bond donors (Lipinski definition) is 0. The van der Waals surface area contributed by atoms with Gasteiger partial charge in [0.05, 0.1) is 0 Å².